The predicted molar refractivity (Wildman–Crippen MR) is 174 cm³/mol. The third kappa shape index (κ3) is 12.5. The first-order chi connectivity index (χ1) is 20.5. The normalized spacial score (nSPS) is 12.8. The van der Waals surface area contributed by atoms with Crippen molar-refractivity contribution in [2.75, 3.05) is 25.1 Å². The largest absolute Gasteiger partial charge is 0.322 e. The van der Waals surface area contributed by atoms with E-state index in [1.807, 2.05) is 52.2 Å². The quantitative estimate of drug-likeness (QED) is 0.146. The monoisotopic (exact) mass is 577 g/mol. The standard InChI is InChI=1S/C30H33F2N5O.2C2H6/c1-3-5-6-7-18-33-29-19-24(11-16-28(29)30(38)35-27-14-12-26(32)13-15-27)25-20-34-36-37(22-25)21-23(9-4-2)10-8-17-31;2*1-2/h4,8-16,18-19,22H,2-3,5-7,17,20-21H2,1H3,(H,35,38);2*1-2H3/b10-8-,23-9+,33-18?;;. The second-order valence-corrected chi connectivity index (χ2v) is 8.68. The number of nitrogens with one attached hydrogen (secondary N) is 1. The van der Waals surface area contributed by atoms with Crippen LogP contribution >= 0.6 is 0 Å². The molecule has 2 aromatic rings. The number of halogens is 2. The molecule has 0 radical (unpaired) electrons. The molecule has 1 amide bonds. The maximum atomic E-state index is 13.3. The van der Waals surface area contributed by atoms with Crippen molar-refractivity contribution in [3.63, 3.8) is 0 Å². The maximum Gasteiger partial charge on any atom is 0.257 e. The number of aliphatic imine (C=N–C) groups is 1. The van der Waals surface area contributed by atoms with Gasteiger partial charge in [-0.1, -0.05) is 89.6 Å². The van der Waals surface area contributed by atoms with Gasteiger partial charge < -0.3 is 5.32 Å². The molecular formula is C34H45F2N5O. The van der Waals surface area contributed by atoms with E-state index in [1.54, 1.807) is 29.3 Å². The number of anilines is 1. The molecule has 6 nitrogen and oxygen atoms in total. The summed E-state index contributed by atoms with van der Waals surface area (Å²) in [5.41, 5.74) is 4.04. The number of rotatable bonds is 13. The highest BCUT2D eigenvalue weighted by Crippen LogP contribution is 2.28. The van der Waals surface area contributed by atoms with Crippen molar-refractivity contribution in [3.8, 4) is 0 Å². The molecule has 226 valence electrons. The lowest BCUT2D eigenvalue weighted by atomic mass is 10.0. The first-order valence-electron chi connectivity index (χ1n) is 14.7. The van der Waals surface area contributed by atoms with Crippen LogP contribution in [0.5, 0.6) is 0 Å². The summed E-state index contributed by atoms with van der Waals surface area (Å²) in [6.45, 7) is 14.1. The van der Waals surface area contributed by atoms with Crippen LogP contribution in [0.25, 0.3) is 5.57 Å². The van der Waals surface area contributed by atoms with Crippen LogP contribution in [0.15, 0.2) is 100 Å². The summed E-state index contributed by atoms with van der Waals surface area (Å²) in [6, 6.07) is 11.1. The number of allylic oxidation sites excluding steroid dienone is 3. The zero-order valence-electron chi connectivity index (χ0n) is 25.6. The third-order valence-electron chi connectivity index (χ3n) is 5.70. The Labute approximate surface area is 250 Å². The molecule has 0 unspecified atom stereocenters. The molecule has 2 aromatic carbocycles. The van der Waals surface area contributed by atoms with Crippen LogP contribution in [0.2, 0.25) is 0 Å². The van der Waals surface area contributed by atoms with Gasteiger partial charge in [-0.25, -0.2) is 13.8 Å². The fourth-order valence-electron chi connectivity index (χ4n) is 3.78. The molecule has 0 fully saturated rings. The number of amides is 1. The van der Waals surface area contributed by atoms with Crippen molar-refractivity contribution in [1.82, 2.24) is 5.01 Å². The van der Waals surface area contributed by atoms with E-state index in [0.29, 0.717) is 30.0 Å². The number of benzene rings is 2. The van der Waals surface area contributed by atoms with E-state index in [-0.39, 0.29) is 11.7 Å². The topological polar surface area (TPSA) is 69.4 Å². The van der Waals surface area contributed by atoms with E-state index in [0.717, 1.165) is 42.4 Å². The molecule has 1 aliphatic rings. The number of carbonyl (C=O) groups is 1. The SMILES string of the molecule is C=C/C=C(\C=C/CF)CN1C=C(c2ccc(C(=O)Nc3ccc(F)cc3)c(N=CCCCCC)c2)CN=N1.CC.CC. The lowest BCUT2D eigenvalue weighted by Crippen LogP contribution is -2.17. The van der Waals surface area contributed by atoms with Crippen LogP contribution in [0.3, 0.4) is 0 Å². The fourth-order valence-corrected chi connectivity index (χ4v) is 3.78. The van der Waals surface area contributed by atoms with Crippen LogP contribution < -0.4 is 5.32 Å². The van der Waals surface area contributed by atoms with E-state index in [9.17, 15) is 13.6 Å². The van der Waals surface area contributed by atoms with Crippen LogP contribution in [0, 0.1) is 5.82 Å². The highest BCUT2D eigenvalue weighted by Gasteiger charge is 2.16. The summed E-state index contributed by atoms with van der Waals surface area (Å²) in [5.74, 6) is -0.705. The summed E-state index contributed by atoms with van der Waals surface area (Å²) < 4.78 is 25.9. The number of nitrogens with zero attached hydrogens (tertiary/aromatic N) is 4. The van der Waals surface area contributed by atoms with Crippen LogP contribution in [-0.4, -0.2) is 36.9 Å². The number of unbranched alkanes of at least 4 members (excludes halogenated alkanes) is 3. The lowest BCUT2D eigenvalue weighted by Gasteiger charge is -2.20. The van der Waals surface area contributed by atoms with E-state index >= 15 is 0 Å². The van der Waals surface area contributed by atoms with Crippen molar-refractivity contribution in [2.45, 2.75) is 60.3 Å². The Morgan fingerprint density at radius 2 is 1.86 bits per heavy atom. The van der Waals surface area contributed by atoms with Gasteiger partial charge in [-0.05, 0) is 60.4 Å². The number of carbonyl (C=O) groups excluding carboxylic acids is 1. The average molecular weight is 578 g/mol. The molecule has 1 aliphatic heterocycles. The molecule has 1 N–H and O–H groups in total. The molecule has 0 saturated heterocycles. The minimum Gasteiger partial charge on any atom is -0.322 e. The van der Waals surface area contributed by atoms with Gasteiger partial charge in [0, 0.05) is 23.7 Å². The minimum absolute atomic E-state index is 0.332. The van der Waals surface area contributed by atoms with Gasteiger partial charge in [0.15, 0.2) is 0 Å². The van der Waals surface area contributed by atoms with E-state index < -0.39 is 6.67 Å². The maximum absolute atomic E-state index is 13.3. The molecule has 0 saturated carbocycles. The summed E-state index contributed by atoms with van der Waals surface area (Å²) >= 11 is 0. The van der Waals surface area contributed by atoms with Crippen molar-refractivity contribution >= 4 is 29.1 Å². The van der Waals surface area contributed by atoms with E-state index in [2.05, 4.69) is 34.1 Å². The molecule has 3 rings (SSSR count). The van der Waals surface area contributed by atoms with E-state index in [1.165, 1.54) is 30.3 Å². The molecule has 1 heterocycles. The molecular weight excluding hydrogens is 532 g/mol. The van der Waals surface area contributed by atoms with E-state index in [4.69, 9.17) is 0 Å². The molecule has 0 aromatic heterocycles. The lowest BCUT2D eigenvalue weighted by molar-refractivity contribution is 0.102. The molecule has 0 spiro atoms. The molecule has 0 aliphatic carbocycles. The Bertz CT molecular complexity index is 1250. The third-order valence-corrected chi connectivity index (χ3v) is 5.70. The van der Waals surface area contributed by atoms with Gasteiger partial charge in [-0.3, -0.25) is 9.79 Å². The second-order valence-electron chi connectivity index (χ2n) is 8.68. The van der Waals surface area contributed by atoms with Crippen molar-refractivity contribution < 1.29 is 13.6 Å². The van der Waals surface area contributed by atoms with Gasteiger partial charge in [0.2, 0.25) is 0 Å². The second kappa shape index (κ2) is 21.5. The van der Waals surface area contributed by atoms with Crippen LogP contribution in [-0.2, 0) is 0 Å². The Morgan fingerprint density at radius 3 is 2.52 bits per heavy atom. The molecule has 0 atom stereocenters. The number of alkyl halides is 1. The van der Waals surface area contributed by atoms with Gasteiger partial charge in [-0.15, -0.1) is 0 Å². The van der Waals surface area contributed by atoms with Crippen LogP contribution in [0.1, 0.15) is 76.2 Å². The zero-order valence-corrected chi connectivity index (χ0v) is 25.6. The predicted octanol–water partition coefficient (Wildman–Crippen LogP) is 10.1. The summed E-state index contributed by atoms with van der Waals surface area (Å²) in [7, 11) is 0. The Kier molecular flexibility index (Phi) is 18.4. The Morgan fingerprint density at radius 1 is 1.12 bits per heavy atom. The van der Waals surface area contributed by atoms with Gasteiger partial charge in [-0.2, -0.15) is 5.11 Å². The number of hydrogen-bond acceptors (Lipinski definition) is 5. The number of hydrogen-bond donors (Lipinski definition) is 1. The zero-order chi connectivity index (χ0) is 31.2. The summed E-state index contributed by atoms with van der Waals surface area (Å²) in [6.07, 6.45) is 14.3. The summed E-state index contributed by atoms with van der Waals surface area (Å²) in [4.78, 5) is 17.7. The first kappa shape index (κ1) is 35.8. The highest BCUT2D eigenvalue weighted by molar-refractivity contribution is 6.08. The average Bonchev–Trinajstić information content (AvgIpc) is 3.03. The Balaban J connectivity index is 0.00000211. The Hall–Kier alpha value is -4.20. The van der Waals surface area contributed by atoms with Gasteiger partial charge >= 0.3 is 0 Å². The highest BCUT2D eigenvalue weighted by atomic mass is 19.1. The van der Waals surface area contributed by atoms with Gasteiger partial charge in [0.25, 0.3) is 5.91 Å². The molecule has 8 heteroatoms. The van der Waals surface area contributed by atoms with Crippen molar-refractivity contribution in [3.05, 3.63) is 102 Å². The minimum atomic E-state index is -0.556. The van der Waals surface area contributed by atoms with Crippen molar-refractivity contribution in [1.29, 1.82) is 0 Å². The van der Waals surface area contributed by atoms with Crippen molar-refractivity contribution in [2.24, 2.45) is 15.3 Å². The fraction of sp³-hybridized carbons (Fsp3) is 0.353. The summed E-state index contributed by atoms with van der Waals surface area (Å²) in [5, 5.41) is 12.9. The molecule has 42 heavy (non-hydrogen) atoms. The first-order valence-corrected chi connectivity index (χ1v) is 14.7. The van der Waals surface area contributed by atoms with Crippen LogP contribution in [0.4, 0.5) is 20.2 Å². The van der Waals surface area contributed by atoms with Gasteiger partial charge in [0.1, 0.15) is 12.5 Å². The smallest absolute Gasteiger partial charge is 0.257 e. The van der Waals surface area contributed by atoms with Gasteiger partial charge in [0.05, 0.1) is 24.3 Å². The molecule has 0 bridgehead atoms.